The highest BCUT2D eigenvalue weighted by Crippen LogP contribution is 2.34. The van der Waals surface area contributed by atoms with Crippen LogP contribution in [0.3, 0.4) is 0 Å². The van der Waals surface area contributed by atoms with Crippen LogP contribution in [0.15, 0.2) is 87.5 Å². The van der Waals surface area contributed by atoms with Crippen molar-refractivity contribution < 1.29 is 13.2 Å². The van der Waals surface area contributed by atoms with Gasteiger partial charge in [-0.05, 0) is 66.6 Å². The molecule has 1 heterocycles. The number of halogens is 1. The molecule has 8 heteroatoms. The molecule has 1 aliphatic rings. The Kier molecular flexibility index (Phi) is 8.78. The van der Waals surface area contributed by atoms with Crippen LogP contribution in [0.4, 0.5) is 0 Å². The summed E-state index contributed by atoms with van der Waals surface area (Å²) >= 11 is 7.55. The SMILES string of the molecule is CC1CC(C)CN(S(=O)(=O)c2ccc(Sc3cccc(Cl)c3)c(C(=O)NCCc3ccccc3)c2)C1. The van der Waals surface area contributed by atoms with Gasteiger partial charge >= 0.3 is 0 Å². The molecule has 3 aromatic carbocycles. The van der Waals surface area contributed by atoms with E-state index in [1.165, 1.54) is 17.8 Å². The van der Waals surface area contributed by atoms with Crippen molar-refractivity contribution in [3.8, 4) is 0 Å². The zero-order valence-corrected chi connectivity index (χ0v) is 22.9. The zero-order chi connectivity index (χ0) is 25.7. The molecular formula is C28H31ClN2O3S2. The fourth-order valence-corrected chi connectivity index (χ4v) is 7.55. The van der Waals surface area contributed by atoms with Gasteiger partial charge in [0.25, 0.3) is 5.91 Å². The van der Waals surface area contributed by atoms with Gasteiger partial charge in [-0.1, -0.05) is 73.6 Å². The van der Waals surface area contributed by atoms with Crippen molar-refractivity contribution in [3.05, 3.63) is 88.9 Å². The van der Waals surface area contributed by atoms with Crippen molar-refractivity contribution in [2.45, 2.75) is 41.4 Å². The minimum Gasteiger partial charge on any atom is -0.352 e. The van der Waals surface area contributed by atoms with E-state index >= 15 is 0 Å². The van der Waals surface area contributed by atoms with Gasteiger partial charge in [-0.25, -0.2) is 8.42 Å². The number of sulfonamides is 1. The highest BCUT2D eigenvalue weighted by molar-refractivity contribution is 7.99. The second-order valence-corrected chi connectivity index (χ2v) is 13.0. The van der Waals surface area contributed by atoms with Crippen molar-refractivity contribution >= 4 is 39.3 Å². The number of hydrogen-bond acceptors (Lipinski definition) is 4. The lowest BCUT2D eigenvalue weighted by atomic mass is 9.94. The smallest absolute Gasteiger partial charge is 0.252 e. The summed E-state index contributed by atoms with van der Waals surface area (Å²) in [4.78, 5) is 15.0. The highest BCUT2D eigenvalue weighted by Gasteiger charge is 2.32. The van der Waals surface area contributed by atoms with Gasteiger partial charge < -0.3 is 5.32 Å². The Hall–Kier alpha value is -2.32. The van der Waals surface area contributed by atoms with E-state index < -0.39 is 10.0 Å². The monoisotopic (exact) mass is 542 g/mol. The Balaban J connectivity index is 1.62. The summed E-state index contributed by atoms with van der Waals surface area (Å²) in [5, 5.41) is 3.57. The summed E-state index contributed by atoms with van der Waals surface area (Å²) in [6, 6.07) is 22.1. The van der Waals surface area contributed by atoms with Crippen molar-refractivity contribution in [1.82, 2.24) is 9.62 Å². The third kappa shape index (κ3) is 6.71. The fourth-order valence-electron chi connectivity index (χ4n) is 4.60. The number of piperidine rings is 1. The first-order valence-corrected chi connectivity index (χ1v) is 14.8. The molecule has 4 rings (SSSR count). The van der Waals surface area contributed by atoms with E-state index in [1.807, 2.05) is 48.5 Å². The van der Waals surface area contributed by atoms with E-state index in [4.69, 9.17) is 11.6 Å². The van der Waals surface area contributed by atoms with Crippen LogP contribution >= 0.6 is 23.4 Å². The summed E-state index contributed by atoms with van der Waals surface area (Å²) in [6.07, 6.45) is 1.70. The van der Waals surface area contributed by atoms with Gasteiger partial charge in [0, 0.05) is 34.4 Å². The van der Waals surface area contributed by atoms with Crippen LogP contribution in [0.5, 0.6) is 0 Å². The standard InChI is InChI=1S/C28H31ClN2O3S2/c1-20-15-21(2)19-31(18-20)36(33,34)25-11-12-27(35-24-10-6-9-23(29)16-24)26(17-25)28(32)30-14-13-22-7-4-3-5-8-22/h3-12,16-17,20-21H,13-15,18-19H2,1-2H3,(H,30,32). The average molecular weight is 543 g/mol. The van der Waals surface area contributed by atoms with Crippen LogP contribution < -0.4 is 5.32 Å². The van der Waals surface area contributed by atoms with E-state index in [9.17, 15) is 13.2 Å². The Morgan fingerprint density at radius 3 is 2.42 bits per heavy atom. The van der Waals surface area contributed by atoms with E-state index in [2.05, 4.69) is 19.2 Å². The molecule has 1 saturated heterocycles. The minimum absolute atomic E-state index is 0.146. The van der Waals surface area contributed by atoms with Crippen molar-refractivity contribution in [3.63, 3.8) is 0 Å². The van der Waals surface area contributed by atoms with Gasteiger partial charge in [-0.15, -0.1) is 0 Å². The van der Waals surface area contributed by atoms with Gasteiger partial charge in [-0.2, -0.15) is 4.31 Å². The molecule has 190 valence electrons. The molecule has 0 aliphatic carbocycles. The lowest BCUT2D eigenvalue weighted by molar-refractivity contribution is 0.0951. The molecule has 3 aromatic rings. The van der Waals surface area contributed by atoms with Gasteiger partial charge in [0.2, 0.25) is 10.0 Å². The summed E-state index contributed by atoms with van der Waals surface area (Å²) < 4.78 is 28.6. The molecule has 1 fully saturated rings. The molecule has 0 aromatic heterocycles. The fraction of sp³-hybridized carbons (Fsp3) is 0.321. The second kappa shape index (κ2) is 11.8. The summed E-state index contributed by atoms with van der Waals surface area (Å²) in [5.74, 6) is 0.289. The Labute approximate surface area is 223 Å². The zero-order valence-electron chi connectivity index (χ0n) is 20.5. The molecule has 36 heavy (non-hydrogen) atoms. The molecule has 0 radical (unpaired) electrons. The van der Waals surface area contributed by atoms with E-state index in [0.717, 1.165) is 16.9 Å². The Morgan fingerprint density at radius 2 is 1.72 bits per heavy atom. The predicted molar refractivity (Wildman–Crippen MR) is 146 cm³/mol. The summed E-state index contributed by atoms with van der Waals surface area (Å²) in [6.45, 7) is 5.58. The van der Waals surface area contributed by atoms with E-state index in [0.29, 0.717) is 53.4 Å². The molecule has 0 saturated carbocycles. The van der Waals surface area contributed by atoms with Crippen LogP contribution in [0.2, 0.25) is 5.02 Å². The number of rotatable bonds is 8. The average Bonchev–Trinajstić information content (AvgIpc) is 2.84. The first-order chi connectivity index (χ1) is 17.2. The van der Waals surface area contributed by atoms with Crippen LogP contribution in [0.1, 0.15) is 36.2 Å². The number of nitrogens with one attached hydrogen (secondary N) is 1. The lowest BCUT2D eigenvalue weighted by Crippen LogP contribution is -2.42. The third-order valence-electron chi connectivity index (χ3n) is 6.23. The maximum atomic E-state index is 13.5. The molecule has 1 N–H and O–H groups in total. The van der Waals surface area contributed by atoms with Crippen molar-refractivity contribution in [1.29, 1.82) is 0 Å². The highest BCUT2D eigenvalue weighted by atomic mass is 35.5. The Morgan fingerprint density at radius 1 is 1.00 bits per heavy atom. The van der Waals surface area contributed by atoms with Crippen molar-refractivity contribution in [2.24, 2.45) is 11.8 Å². The molecule has 1 aliphatic heterocycles. The molecule has 0 spiro atoms. The molecule has 1 amide bonds. The lowest BCUT2D eigenvalue weighted by Gasteiger charge is -2.34. The van der Waals surface area contributed by atoms with E-state index in [1.54, 1.807) is 22.5 Å². The van der Waals surface area contributed by atoms with Crippen LogP contribution in [-0.2, 0) is 16.4 Å². The maximum Gasteiger partial charge on any atom is 0.252 e. The second-order valence-electron chi connectivity index (χ2n) is 9.48. The first kappa shape index (κ1) is 26.7. The molecule has 2 atom stereocenters. The number of benzene rings is 3. The van der Waals surface area contributed by atoms with Gasteiger partial charge in [-0.3, -0.25) is 4.79 Å². The third-order valence-corrected chi connectivity index (χ3v) is 9.36. The minimum atomic E-state index is -3.72. The normalized spacial score (nSPS) is 18.6. The summed E-state index contributed by atoms with van der Waals surface area (Å²) in [5.41, 5.74) is 1.46. The number of nitrogens with zero attached hydrogens (tertiary/aromatic N) is 1. The quantitative estimate of drug-likeness (QED) is 0.372. The number of amides is 1. The number of hydrogen-bond donors (Lipinski definition) is 1. The topological polar surface area (TPSA) is 66.5 Å². The molecular weight excluding hydrogens is 512 g/mol. The molecule has 5 nitrogen and oxygen atoms in total. The van der Waals surface area contributed by atoms with E-state index in [-0.39, 0.29) is 10.8 Å². The molecule has 2 unspecified atom stereocenters. The number of carbonyl (C=O) groups is 1. The van der Waals surface area contributed by atoms with Gasteiger partial charge in [0.1, 0.15) is 0 Å². The Bertz CT molecular complexity index is 1310. The van der Waals surface area contributed by atoms with Gasteiger partial charge in [0.05, 0.1) is 10.5 Å². The largest absolute Gasteiger partial charge is 0.352 e. The number of carbonyl (C=O) groups excluding carboxylic acids is 1. The summed E-state index contributed by atoms with van der Waals surface area (Å²) in [7, 11) is -3.72. The van der Waals surface area contributed by atoms with Crippen LogP contribution in [-0.4, -0.2) is 38.3 Å². The molecule has 0 bridgehead atoms. The van der Waals surface area contributed by atoms with Gasteiger partial charge in [0.15, 0.2) is 0 Å². The van der Waals surface area contributed by atoms with Crippen LogP contribution in [0, 0.1) is 11.8 Å². The maximum absolute atomic E-state index is 13.5. The predicted octanol–water partition coefficient (Wildman–Crippen LogP) is 6.13. The van der Waals surface area contributed by atoms with Crippen molar-refractivity contribution in [2.75, 3.05) is 19.6 Å². The first-order valence-electron chi connectivity index (χ1n) is 12.1. The van der Waals surface area contributed by atoms with Crippen LogP contribution in [0.25, 0.3) is 0 Å².